The van der Waals surface area contributed by atoms with Gasteiger partial charge in [-0.15, -0.1) is 0 Å². The number of nitrogens with one attached hydrogen (secondary N) is 2. The van der Waals surface area contributed by atoms with Crippen molar-refractivity contribution in [2.45, 2.75) is 13.8 Å². The SMILES string of the molecule is Cc1c[nH]c(=O)n1-c1ccccc1NC(=O)c1ccc(-n2c(C)nc3ccccc3c2=O)cc1. The first-order chi connectivity index (χ1) is 16.4. The molecular formula is C26H21N5O3. The van der Waals surface area contributed by atoms with Crippen LogP contribution < -0.4 is 16.6 Å². The highest BCUT2D eigenvalue weighted by atomic mass is 16.2. The summed E-state index contributed by atoms with van der Waals surface area (Å²) >= 11 is 0. The molecule has 0 spiro atoms. The number of carbonyl (C=O) groups excluding carboxylic acids is 1. The van der Waals surface area contributed by atoms with Crippen LogP contribution >= 0.6 is 0 Å². The predicted octanol–water partition coefficient (Wildman–Crippen LogP) is 3.73. The number of H-pyrrole nitrogens is 1. The van der Waals surface area contributed by atoms with Gasteiger partial charge in [0, 0.05) is 17.5 Å². The van der Waals surface area contributed by atoms with Gasteiger partial charge in [-0.25, -0.2) is 9.78 Å². The third-order valence-corrected chi connectivity index (χ3v) is 5.68. The van der Waals surface area contributed by atoms with Gasteiger partial charge in [-0.2, -0.15) is 0 Å². The number of para-hydroxylation sites is 3. The molecule has 0 atom stereocenters. The Hall–Kier alpha value is -4.72. The molecule has 0 radical (unpaired) electrons. The normalized spacial score (nSPS) is 11.0. The van der Waals surface area contributed by atoms with Gasteiger partial charge in [-0.05, 0) is 62.4 Å². The van der Waals surface area contributed by atoms with Crippen molar-refractivity contribution >= 4 is 22.5 Å². The molecule has 5 aromatic rings. The van der Waals surface area contributed by atoms with Crippen LogP contribution in [-0.2, 0) is 0 Å². The van der Waals surface area contributed by atoms with E-state index in [2.05, 4.69) is 15.3 Å². The molecule has 168 valence electrons. The standard InChI is InChI=1S/C26H21N5O3/c1-16-15-27-26(34)30(16)23-10-6-5-9-22(23)29-24(32)18-11-13-19(14-12-18)31-17(2)28-21-8-4-3-7-20(21)25(31)33/h3-15H,1-2H3,(H,27,34)(H,29,32). The Morgan fingerprint density at radius 3 is 2.32 bits per heavy atom. The highest BCUT2D eigenvalue weighted by molar-refractivity contribution is 6.05. The molecule has 34 heavy (non-hydrogen) atoms. The second-order valence-electron chi connectivity index (χ2n) is 7.91. The van der Waals surface area contributed by atoms with Gasteiger partial charge < -0.3 is 10.3 Å². The van der Waals surface area contributed by atoms with Crippen molar-refractivity contribution in [3.63, 3.8) is 0 Å². The zero-order valence-electron chi connectivity index (χ0n) is 18.6. The third-order valence-electron chi connectivity index (χ3n) is 5.68. The number of anilines is 1. The highest BCUT2D eigenvalue weighted by Gasteiger charge is 2.14. The van der Waals surface area contributed by atoms with Gasteiger partial charge in [0.05, 0.1) is 28.0 Å². The number of nitrogens with zero attached hydrogens (tertiary/aromatic N) is 3. The number of rotatable bonds is 4. The number of amides is 1. The molecule has 2 N–H and O–H groups in total. The number of aromatic amines is 1. The molecule has 2 aromatic heterocycles. The summed E-state index contributed by atoms with van der Waals surface area (Å²) < 4.78 is 3.03. The summed E-state index contributed by atoms with van der Waals surface area (Å²) in [6.07, 6.45) is 1.62. The van der Waals surface area contributed by atoms with E-state index in [1.165, 1.54) is 9.13 Å². The summed E-state index contributed by atoms with van der Waals surface area (Å²) in [5.41, 5.74) is 3.03. The van der Waals surface area contributed by atoms with Crippen LogP contribution in [0.2, 0.25) is 0 Å². The quantitative estimate of drug-likeness (QED) is 0.435. The lowest BCUT2D eigenvalue weighted by molar-refractivity contribution is 0.102. The van der Waals surface area contributed by atoms with E-state index in [-0.39, 0.29) is 17.2 Å². The summed E-state index contributed by atoms with van der Waals surface area (Å²) in [6, 6.07) is 21.0. The molecule has 0 bridgehead atoms. The van der Waals surface area contributed by atoms with E-state index in [1.807, 2.05) is 12.1 Å². The van der Waals surface area contributed by atoms with Crippen molar-refractivity contribution in [2.24, 2.45) is 0 Å². The molecule has 3 aromatic carbocycles. The first kappa shape index (κ1) is 21.1. The largest absolute Gasteiger partial charge is 0.330 e. The first-order valence-corrected chi connectivity index (χ1v) is 10.7. The summed E-state index contributed by atoms with van der Waals surface area (Å²) in [7, 11) is 0. The lowest BCUT2D eigenvalue weighted by Crippen LogP contribution is -2.22. The van der Waals surface area contributed by atoms with Crippen LogP contribution in [-0.4, -0.2) is 25.0 Å². The molecule has 2 heterocycles. The Morgan fingerprint density at radius 1 is 0.882 bits per heavy atom. The van der Waals surface area contributed by atoms with Gasteiger partial charge in [0.1, 0.15) is 5.82 Å². The first-order valence-electron chi connectivity index (χ1n) is 10.7. The molecule has 8 heteroatoms. The zero-order valence-corrected chi connectivity index (χ0v) is 18.6. The Bertz CT molecular complexity index is 1660. The van der Waals surface area contributed by atoms with E-state index in [0.717, 1.165) is 5.69 Å². The van der Waals surface area contributed by atoms with Gasteiger partial charge >= 0.3 is 5.69 Å². The molecular weight excluding hydrogens is 430 g/mol. The minimum Gasteiger partial charge on any atom is -0.320 e. The predicted molar refractivity (Wildman–Crippen MR) is 131 cm³/mol. The van der Waals surface area contributed by atoms with Gasteiger partial charge in [-0.1, -0.05) is 24.3 Å². The van der Waals surface area contributed by atoms with Crippen LogP contribution in [0.4, 0.5) is 5.69 Å². The Morgan fingerprint density at radius 2 is 1.59 bits per heavy atom. The number of imidazole rings is 1. The van der Waals surface area contributed by atoms with Crippen LogP contribution in [0.5, 0.6) is 0 Å². The van der Waals surface area contributed by atoms with Crippen LogP contribution in [0.25, 0.3) is 22.3 Å². The van der Waals surface area contributed by atoms with Crippen molar-refractivity contribution in [1.82, 2.24) is 19.1 Å². The monoisotopic (exact) mass is 451 g/mol. The highest BCUT2D eigenvalue weighted by Crippen LogP contribution is 2.21. The van der Waals surface area contributed by atoms with Crippen LogP contribution in [0, 0.1) is 13.8 Å². The van der Waals surface area contributed by atoms with E-state index in [4.69, 9.17) is 0 Å². The summed E-state index contributed by atoms with van der Waals surface area (Å²) in [5.74, 6) is 0.225. The van der Waals surface area contributed by atoms with E-state index < -0.39 is 0 Å². The number of carbonyl (C=O) groups is 1. The molecule has 0 saturated heterocycles. The second kappa shape index (κ2) is 8.32. The minimum atomic E-state index is -0.332. The van der Waals surface area contributed by atoms with E-state index in [1.54, 1.807) is 80.7 Å². The fraction of sp³-hybridized carbons (Fsp3) is 0.0769. The van der Waals surface area contributed by atoms with Gasteiger partial charge in [0.15, 0.2) is 0 Å². The number of hydrogen-bond acceptors (Lipinski definition) is 4. The topological polar surface area (TPSA) is 102 Å². The molecule has 5 rings (SSSR count). The number of fused-ring (bicyclic) bond motifs is 1. The van der Waals surface area contributed by atoms with E-state index in [0.29, 0.717) is 39.4 Å². The average molecular weight is 451 g/mol. The molecule has 8 nitrogen and oxygen atoms in total. The number of aromatic nitrogens is 4. The Balaban J connectivity index is 1.46. The lowest BCUT2D eigenvalue weighted by Gasteiger charge is -2.13. The van der Waals surface area contributed by atoms with Crippen LogP contribution in [0.3, 0.4) is 0 Å². The summed E-state index contributed by atoms with van der Waals surface area (Å²) in [5, 5.41) is 3.41. The van der Waals surface area contributed by atoms with Crippen molar-refractivity contribution in [2.75, 3.05) is 5.32 Å². The molecule has 0 fully saturated rings. The van der Waals surface area contributed by atoms with Crippen molar-refractivity contribution < 1.29 is 4.79 Å². The molecule has 0 aliphatic heterocycles. The molecule has 0 aliphatic carbocycles. The lowest BCUT2D eigenvalue weighted by atomic mass is 10.1. The smallest absolute Gasteiger partial charge is 0.320 e. The van der Waals surface area contributed by atoms with Crippen molar-refractivity contribution in [3.05, 3.63) is 117 Å². The van der Waals surface area contributed by atoms with Crippen LogP contribution in [0.15, 0.2) is 88.6 Å². The number of hydrogen-bond donors (Lipinski definition) is 2. The molecule has 0 saturated carbocycles. The van der Waals surface area contributed by atoms with Crippen molar-refractivity contribution in [1.29, 1.82) is 0 Å². The second-order valence-corrected chi connectivity index (χ2v) is 7.91. The maximum atomic E-state index is 13.0. The van der Waals surface area contributed by atoms with E-state index >= 15 is 0 Å². The molecule has 1 amide bonds. The number of benzene rings is 3. The van der Waals surface area contributed by atoms with Gasteiger partial charge in [0.2, 0.25) is 0 Å². The summed E-state index contributed by atoms with van der Waals surface area (Å²) in [4.78, 5) is 45.4. The maximum Gasteiger partial charge on any atom is 0.330 e. The average Bonchev–Trinajstić information content (AvgIpc) is 3.17. The Kier molecular flexibility index (Phi) is 5.18. The Labute approximate surface area is 194 Å². The minimum absolute atomic E-state index is 0.165. The molecule has 0 aliphatic rings. The number of aryl methyl sites for hydroxylation is 2. The maximum absolute atomic E-state index is 13.0. The zero-order chi connectivity index (χ0) is 23.8. The fourth-order valence-corrected chi connectivity index (χ4v) is 4.03. The van der Waals surface area contributed by atoms with Gasteiger partial charge in [-0.3, -0.25) is 18.7 Å². The van der Waals surface area contributed by atoms with Crippen LogP contribution in [0.1, 0.15) is 21.9 Å². The van der Waals surface area contributed by atoms with Gasteiger partial charge in [0.25, 0.3) is 11.5 Å². The third kappa shape index (κ3) is 3.61. The van der Waals surface area contributed by atoms with Crippen molar-refractivity contribution in [3.8, 4) is 11.4 Å². The fourth-order valence-electron chi connectivity index (χ4n) is 4.03. The molecule has 0 unspecified atom stereocenters. The van der Waals surface area contributed by atoms with E-state index in [9.17, 15) is 14.4 Å². The summed E-state index contributed by atoms with van der Waals surface area (Å²) in [6.45, 7) is 3.58.